The predicted octanol–water partition coefficient (Wildman–Crippen LogP) is 4.39. The van der Waals surface area contributed by atoms with Gasteiger partial charge in [-0.3, -0.25) is 4.79 Å². The first-order chi connectivity index (χ1) is 11.0. The average molecular weight is 326 g/mol. The van der Waals surface area contributed by atoms with Gasteiger partial charge in [-0.2, -0.15) is 5.10 Å². The van der Waals surface area contributed by atoms with Gasteiger partial charge >= 0.3 is 0 Å². The van der Waals surface area contributed by atoms with Gasteiger partial charge in [-0.25, -0.2) is 4.68 Å². The van der Waals surface area contributed by atoms with Crippen LogP contribution in [-0.2, 0) is 0 Å². The van der Waals surface area contributed by atoms with Crippen molar-refractivity contribution in [3.63, 3.8) is 0 Å². The number of anilines is 1. The number of benzene rings is 2. The topological polar surface area (TPSA) is 46.9 Å². The Morgan fingerprint density at radius 1 is 1.09 bits per heavy atom. The fourth-order valence-corrected chi connectivity index (χ4v) is 2.52. The van der Waals surface area contributed by atoms with Gasteiger partial charge in [0.2, 0.25) is 0 Å². The largest absolute Gasteiger partial charge is 0.306 e. The fraction of sp³-hybridized carbons (Fsp3) is 0.111. The number of amides is 1. The highest BCUT2D eigenvalue weighted by Gasteiger charge is 2.14. The molecule has 2 aromatic carbocycles. The molecule has 4 nitrogen and oxygen atoms in total. The summed E-state index contributed by atoms with van der Waals surface area (Å²) in [6, 6.07) is 16.7. The van der Waals surface area contributed by atoms with E-state index in [4.69, 9.17) is 11.6 Å². The molecule has 116 valence electrons. The number of aryl methyl sites for hydroxylation is 2. The summed E-state index contributed by atoms with van der Waals surface area (Å²) in [5.41, 5.74) is 3.31. The lowest BCUT2D eigenvalue weighted by Crippen LogP contribution is -2.15. The number of halogens is 1. The maximum Gasteiger partial charge on any atom is 0.258 e. The zero-order valence-corrected chi connectivity index (χ0v) is 13.6. The zero-order valence-electron chi connectivity index (χ0n) is 12.9. The molecular weight excluding hydrogens is 310 g/mol. The minimum absolute atomic E-state index is 0.260. The van der Waals surface area contributed by atoms with Crippen molar-refractivity contribution in [1.29, 1.82) is 0 Å². The summed E-state index contributed by atoms with van der Waals surface area (Å²) < 4.78 is 1.71. The molecule has 0 atom stereocenters. The normalized spacial score (nSPS) is 10.6. The van der Waals surface area contributed by atoms with Gasteiger partial charge < -0.3 is 5.32 Å². The van der Waals surface area contributed by atoms with Crippen molar-refractivity contribution in [1.82, 2.24) is 9.78 Å². The Morgan fingerprint density at radius 3 is 2.48 bits per heavy atom. The van der Waals surface area contributed by atoms with E-state index < -0.39 is 0 Å². The molecule has 1 amide bonds. The van der Waals surface area contributed by atoms with Gasteiger partial charge in [0.05, 0.1) is 22.0 Å². The summed E-state index contributed by atoms with van der Waals surface area (Å²) >= 11 is 6.08. The molecule has 0 fully saturated rings. The summed E-state index contributed by atoms with van der Waals surface area (Å²) in [5, 5.41) is 7.75. The number of aromatic nitrogens is 2. The van der Waals surface area contributed by atoms with Crippen LogP contribution < -0.4 is 5.32 Å². The van der Waals surface area contributed by atoms with Crippen LogP contribution in [-0.4, -0.2) is 15.7 Å². The van der Waals surface area contributed by atoms with E-state index in [2.05, 4.69) is 10.4 Å². The Hall–Kier alpha value is -2.59. The fourth-order valence-electron chi connectivity index (χ4n) is 2.30. The molecule has 0 spiro atoms. The minimum atomic E-state index is -0.260. The molecule has 0 aliphatic rings. The molecular formula is C18H16ClN3O. The van der Waals surface area contributed by atoms with E-state index in [0.717, 1.165) is 11.4 Å². The molecule has 1 heterocycles. The maximum atomic E-state index is 12.4. The first-order valence-corrected chi connectivity index (χ1v) is 7.62. The van der Waals surface area contributed by atoms with E-state index in [9.17, 15) is 4.79 Å². The standard InChI is InChI=1S/C18H16ClN3O/c1-12-7-9-14(10-8-12)22-17(11-13(2)21-22)20-18(23)15-5-3-4-6-16(15)19/h3-11H,1-2H3,(H,20,23). The summed E-state index contributed by atoms with van der Waals surface area (Å²) in [5.74, 6) is 0.347. The second-order valence-electron chi connectivity index (χ2n) is 5.35. The van der Waals surface area contributed by atoms with Crippen LogP contribution in [0.1, 0.15) is 21.6 Å². The molecule has 3 aromatic rings. The Morgan fingerprint density at radius 2 is 1.78 bits per heavy atom. The molecule has 0 bridgehead atoms. The average Bonchev–Trinajstić information content (AvgIpc) is 2.89. The number of carbonyl (C=O) groups is 1. The molecule has 3 rings (SSSR count). The van der Waals surface area contributed by atoms with Crippen molar-refractivity contribution in [2.24, 2.45) is 0 Å². The third-order valence-corrected chi connectivity index (χ3v) is 3.80. The Kier molecular flexibility index (Phi) is 4.17. The van der Waals surface area contributed by atoms with Gasteiger partial charge in [0.1, 0.15) is 5.82 Å². The van der Waals surface area contributed by atoms with E-state index in [1.807, 2.05) is 44.2 Å². The number of rotatable bonds is 3. The lowest BCUT2D eigenvalue weighted by molar-refractivity contribution is 0.102. The number of hydrogen-bond donors (Lipinski definition) is 1. The molecule has 0 radical (unpaired) electrons. The highest BCUT2D eigenvalue weighted by molar-refractivity contribution is 6.34. The van der Waals surface area contributed by atoms with E-state index in [-0.39, 0.29) is 5.91 Å². The Bertz CT molecular complexity index is 853. The smallest absolute Gasteiger partial charge is 0.258 e. The predicted molar refractivity (Wildman–Crippen MR) is 92.4 cm³/mol. The monoisotopic (exact) mass is 325 g/mol. The van der Waals surface area contributed by atoms with Gasteiger partial charge in [-0.15, -0.1) is 0 Å². The molecule has 0 saturated carbocycles. The highest BCUT2D eigenvalue weighted by atomic mass is 35.5. The van der Waals surface area contributed by atoms with Gasteiger partial charge in [0, 0.05) is 6.07 Å². The van der Waals surface area contributed by atoms with Crippen LogP contribution in [0.2, 0.25) is 5.02 Å². The van der Waals surface area contributed by atoms with Crippen LogP contribution in [0.5, 0.6) is 0 Å². The summed E-state index contributed by atoms with van der Waals surface area (Å²) in [7, 11) is 0. The van der Waals surface area contributed by atoms with Crippen LogP contribution in [0, 0.1) is 13.8 Å². The van der Waals surface area contributed by atoms with Crippen LogP contribution in [0.3, 0.4) is 0 Å². The van der Waals surface area contributed by atoms with Gasteiger partial charge in [0.25, 0.3) is 5.91 Å². The van der Waals surface area contributed by atoms with Gasteiger partial charge in [0.15, 0.2) is 0 Å². The second kappa shape index (κ2) is 6.26. The Balaban J connectivity index is 1.93. The van der Waals surface area contributed by atoms with Crippen LogP contribution in [0.25, 0.3) is 5.69 Å². The third kappa shape index (κ3) is 3.27. The number of hydrogen-bond acceptors (Lipinski definition) is 2. The third-order valence-electron chi connectivity index (χ3n) is 3.47. The van der Waals surface area contributed by atoms with Crippen molar-refractivity contribution in [3.8, 4) is 5.69 Å². The van der Waals surface area contributed by atoms with Crippen molar-refractivity contribution in [3.05, 3.63) is 76.4 Å². The zero-order chi connectivity index (χ0) is 16.4. The van der Waals surface area contributed by atoms with Crippen LogP contribution in [0.4, 0.5) is 5.82 Å². The van der Waals surface area contributed by atoms with Gasteiger partial charge in [-0.1, -0.05) is 41.4 Å². The lowest BCUT2D eigenvalue weighted by Gasteiger charge is -2.10. The molecule has 0 aliphatic carbocycles. The molecule has 1 N–H and O–H groups in total. The SMILES string of the molecule is Cc1ccc(-n2nc(C)cc2NC(=O)c2ccccc2Cl)cc1. The van der Waals surface area contributed by atoms with Crippen molar-refractivity contribution in [2.75, 3.05) is 5.32 Å². The van der Waals surface area contributed by atoms with Gasteiger partial charge in [-0.05, 0) is 38.1 Å². The van der Waals surface area contributed by atoms with Crippen LogP contribution >= 0.6 is 11.6 Å². The van der Waals surface area contributed by atoms with Crippen LogP contribution in [0.15, 0.2) is 54.6 Å². The Labute approximate surface area is 139 Å². The number of carbonyl (C=O) groups excluding carboxylic acids is 1. The highest BCUT2D eigenvalue weighted by Crippen LogP contribution is 2.20. The molecule has 0 aliphatic heterocycles. The lowest BCUT2D eigenvalue weighted by atomic mass is 10.2. The van der Waals surface area contributed by atoms with E-state index in [1.54, 1.807) is 28.9 Å². The summed E-state index contributed by atoms with van der Waals surface area (Å²) in [4.78, 5) is 12.4. The molecule has 23 heavy (non-hydrogen) atoms. The molecule has 0 unspecified atom stereocenters. The van der Waals surface area contributed by atoms with Crippen molar-refractivity contribution in [2.45, 2.75) is 13.8 Å². The quantitative estimate of drug-likeness (QED) is 0.776. The van der Waals surface area contributed by atoms with E-state index in [1.165, 1.54) is 5.56 Å². The molecule has 1 aromatic heterocycles. The summed E-state index contributed by atoms with van der Waals surface area (Å²) in [6.07, 6.45) is 0. The minimum Gasteiger partial charge on any atom is -0.306 e. The van der Waals surface area contributed by atoms with Crippen molar-refractivity contribution >= 4 is 23.3 Å². The van der Waals surface area contributed by atoms with E-state index in [0.29, 0.717) is 16.4 Å². The van der Waals surface area contributed by atoms with Crippen molar-refractivity contribution < 1.29 is 4.79 Å². The molecule has 5 heteroatoms. The number of nitrogens with zero attached hydrogens (tertiary/aromatic N) is 2. The first kappa shape index (κ1) is 15.3. The number of nitrogens with one attached hydrogen (secondary N) is 1. The molecule has 0 saturated heterocycles. The summed E-state index contributed by atoms with van der Waals surface area (Å²) in [6.45, 7) is 3.91. The van der Waals surface area contributed by atoms with E-state index >= 15 is 0 Å². The second-order valence-corrected chi connectivity index (χ2v) is 5.76. The maximum absolute atomic E-state index is 12.4. The first-order valence-electron chi connectivity index (χ1n) is 7.24.